The summed E-state index contributed by atoms with van der Waals surface area (Å²) in [7, 11) is 1.95. The van der Waals surface area contributed by atoms with E-state index in [1.165, 1.54) is 12.8 Å². The van der Waals surface area contributed by atoms with Gasteiger partial charge in [0.25, 0.3) is 0 Å². The predicted octanol–water partition coefficient (Wildman–Crippen LogP) is 3.86. The number of ether oxygens (including phenoxy) is 2. The molecule has 0 aromatic rings. The van der Waals surface area contributed by atoms with Crippen molar-refractivity contribution >= 4 is 0 Å². The molecule has 1 rings (SSSR count). The van der Waals surface area contributed by atoms with Gasteiger partial charge in [-0.2, -0.15) is 0 Å². The van der Waals surface area contributed by atoms with Gasteiger partial charge in [0, 0.05) is 19.2 Å². The van der Waals surface area contributed by atoms with E-state index < -0.39 is 0 Å². The molecule has 24 heavy (non-hydrogen) atoms. The Balaban J connectivity index is 2.83. The van der Waals surface area contributed by atoms with E-state index in [4.69, 9.17) is 9.47 Å². The predicted molar refractivity (Wildman–Crippen MR) is 102 cm³/mol. The summed E-state index contributed by atoms with van der Waals surface area (Å²) in [4.78, 5) is 2.46. The van der Waals surface area contributed by atoms with Gasteiger partial charge in [0.1, 0.15) is 11.9 Å². The molecule has 1 aliphatic rings. The lowest BCUT2D eigenvalue weighted by atomic mass is 10.1. The van der Waals surface area contributed by atoms with Crippen LogP contribution in [0.1, 0.15) is 47.0 Å². The van der Waals surface area contributed by atoms with Gasteiger partial charge in [0.05, 0.1) is 18.8 Å². The van der Waals surface area contributed by atoms with Gasteiger partial charge >= 0.3 is 0 Å². The van der Waals surface area contributed by atoms with Gasteiger partial charge < -0.3 is 14.8 Å². The highest BCUT2D eigenvalue weighted by Crippen LogP contribution is 2.19. The van der Waals surface area contributed by atoms with E-state index in [-0.39, 0.29) is 18.3 Å². The van der Waals surface area contributed by atoms with Crippen LogP contribution in [0.15, 0.2) is 36.3 Å². The number of allylic oxidation sites excluding steroid dienone is 3. The largest absolute Gasteiger partial charge is 0.489 e. The molecular weight excluding hydrogens is 300 g/mol. The highest BCUT2D eigenvalue weighted by atomic mass is 16.5. The second-order valence-corrected chi connectivity index (χ2v) is 6.73. The van der Waals surface area contributed by atoms with Gasteiger partial charge in [-0.15, -0.1) is 0 Å². The van der Waals surface area contributed by atoms with Crippen molar-refractivity contribution in [3.8, 4) is 0 Å². The molecule has 0 aliphatic carbocycles. The van der Waals surface area contributed by atoms with Crippen LogP contribution in [0.4, 0.5) is 0 Å². The summed E-state index contributed by atoms with van der Waals surface area (Å²) >= 11 is 0. The summed E-state index contributed by atoms with van der Waals surface area (Å²) in [5, 5.41) is 3.24. The summed E-state index contributed by atoms with van der Waals surface area (Å²) in [5.41, 5.74) is 1.09. The second kappa shape index (κ2) is 11.3. The van der Waals surface area contributed by atoms with Crippen LogP contribution in [-0.4, -0.2) is 49.9 Å². The first-order chi connectivity index (χ1) is 11.5. The summed E-state index contributed by atoms with van der Waals surface area (Å²) in [6, 6.07) is 0. The van der Waals surface area contributed by atoms with Crippen molar-refractivity contribution in [2.75, 3.05) is 26.7 Å². The zero-order valence-corrected chi connectivity index (χ0v) is 16.2. The third-order valence-electron chi connectivity index (χ3n) is 4.30. The minimum Gasteiger partial charge on any atom is -0.489 e. The zero-order chi connectivity index (χ0) is 17.9. The fraction of sp³-hybridized carbons (Fsp3) is 0.700. The average molecular weight is 337 g/mol. The Kier molecular flexibility index (Phi) is 9.80. The Hall–Kier alpha value is -1.26. The molecule has 0 radical (unpaired) electrons. The molecule has 0 saturated carbocycles. The first-order valence-corrected chi connectivity index (χ1v) is 9.17. The molecule has 2 atom stereocenters. The maximum Gasteiger partial charge on any atom is 0.129 e. The second-order valence-electron chi connectivity index (χ2n) is 6.73. The van der Waals surface area contributed by atoms with Crippen LogP contribution in [0.3, 0.4) is 0 Å². The highest BCUT2D eigenvalue weighted by Gasteiger charge is 2.23. The molecule has 0 amide bonds. The zero-order valence-electron chi connectivity index (χ0n) is 16.2. The Morgan fingerprint density at radius 1 is 1.25 bits per heavy atom. The summed E-state index contributed by atoms with van der Waals surface area (Å²) < 4.78 is 12.4. The van der Waals surface area contributed by atoms with Crippen LogP contribution in [0.5, 0.6) is 0 Å². The average Bonchev–Trinajstić information content (AvgIpc) is 3.04. The van der Waals surface area contributed by atoms with Crippen LogP contribution in [0, 0.1) is 0 Å². The fourth-order valence-corrected chi connectivity index (χ4v) is 2.87. The lowest BCUT2D eigenvalue weighted by Crippen LogP contribution is -2.34. The van der Waals surface area contributed by atoms with Crippen LogP contribution in [-0.2, 0) is 9.47 Å². The third kappa shape index (κ3) is 7.54. The van der Waals surface area contributed by atoms with Crippen molar-refractivity contribution in [1.82, 2.24) is 10.2 Å². The van der Waals surface area contributed by atoms with Crippen molar-refractivity contribution in [1.29, 1.82) is 0 Å². The smallest absolute Gasteiger partial charge is 0.129 e. The molecule has 1 unspecified atom stereocenters. The monoisotopic (exact) mass is 336 g/mol. The van der Waals surface area contributed by atoms with E-state index in [0.717, 1.165) is 37.5 Å². The van der Waals surface area contributed by atoms with Crippen LogP contribution < -0.4 is 5.32 Å². The topological polar surface area (TPSA) is 33.7 Å². The van der Waals surface area contributed by atoms with Gasteiger partial charge in [-0.1, -0.05) is 24.8 Å². The molecule has 1 N–H and O–H groups in total. The number of likely N-dealkylation sites (tertiary alicyclic amines) is 1. The molecule has 1 fully saturated rings. The molecule has 0 bridgehead atoms. The normalized spacial score (nSPS) is 19.4. The summed E-state index contributed by atoms with van der Waals surface area (Å²) in [6.07, 6.45) is 9.43. The molecule has 4 heteroatoms. The summed E-state index contributed by atoms with van der Waals surface area (Å²) in [6.45, 7) is 15.2. The number of hydrogen-bond acceptors (Lipinski definition) is 4. The highest BCUT2D eigenvalue weighted by molar-refractivity contribution is 5.07. The van der Waals surface area contributed by atoms with Crippen LogP contribution in [0.2, 0.25) is 0 Å². The number of rotatable bonds is 11. The van der Waals surface area contributed by atoms with Gasteiger partial charge in [-0.25, -0.2) is 0 Å². The minimum atomic E-state index is -0.00972. The van der Waals surface area contributed by atoms with Crippen molar-refractivity contribution in [2.45, 2.75) is 65.3 Å². The molecule has 1 heterocycles. The van der Waals surface area contributed by atoms with E-state index in [1.54, 1.807) is 6.08 Å². The number of nitrogens with one attached hydrogen (secondary N) is 1. The fourth-order valence-electron chi connectivity index (χ4n) is 2.87. The number of hydrogen-bond donors (Lipinski definition) is 1. The SMILES string of the molecule is C=C/C=C\CC(O/C(CN1CCCC1)=C(/C)NC)[C@@H](C)OC(C)C. The molecule has 0 spiro atoms. The van der Waals surface area contributed by atoms with Gasteiger partial charge in [-0.05, 0) is 53.6 Å². The van der Waals surface area contributed by atoms with Crippen molar-refractivity contribution < 1.29 is 9.47 Å². The Morgan fingerprint density at radius 3 is 2.46 bits per heavy atom. The standard InChI is InChI=1S/C20H36N2O2/c1-7-8-9-12-19(18(5)23-16(2)3)24-20(17(4)21-6)15-22-13-10-11-14-22/h7-9,16,18-19,21H,1,10-15H2,2-6H3/b9-8-,20-17-/t18-,19?/m1/s1. The molecule has 0 aromatic carbocycles. The van der Waals surface area contributed by atoms with Crippen LogP contribution >= 0.6 is 0 Å². The Morgan fingerprint density at radius 2 is 1.92 bits per heavy atom. The van der Waals surface area contributed by atoms with Crippen molar-refractivity contribution in [3.63, 3.8) is 0 Å². The molecule has 1 saturated heterocycles. The van der Waals surface area contributed by atoms with Gasteiger partial charge in [-0.3, -0.25) is 4.90 Å². The Bertz CT molecular complexity index is 423. The minimum absolute atomic E-state index is 0.00972. The molecular formula is C20H36N2O2. The van der Waals surface area contributed by atoms with Gasteiger partial charge in [0.2, 0.25) is 0 Å². The first kappa shape index (κ1) is 20.8. The van der Waals surface area contributed by atoms with E-state index in [1.807, 2.05) is 13.1 Å². The van der Waals surface area contributed by atoms with E-state index in [0.29, 0.717) is 0 Å². The maximum absolute atomic E-state index is 6.44. The van der Waals surface area contributed by atoms with Crippen molar-refractivity contribution in [2.24, 2.45) is 0 Å². The summed E-state index contributed by atoms with van der Waals surface area (Å²) in [5.74, 6) is 1.02. The third-order valence-corrected chi connectivity index (χ3v) is 4.30. The number of nitrogens with zero attached hydrogens (tertiary/aromatic N) is 1. The molecule has 4 nitrogen and oxygen atoms in total. The van der Waals surface area contributed by atoms with E-state index >= 15 is 0 Å². The lowest BCUT2D eigenvalue weighted by Gasteiger charge is -2.29. The van der Waals surface area contributed by atoms with Gasteiger partial charge in [0.15, 0.2) is 0 Å². The molecule has 1 aliphatic heterocycles. The molecule has 138 valence electrons. The van der Waals surface area contributed by atoms with E-state index in [2.05, 4.69) is 50.6 Å². The quantitative estimate of drug-likeness (QED) is 0.459. The first-order valence-electron chi connectivity index (χ1n) is 9.17. The molecule has 0 aromatic heterocycles. The van der Waals surface area contributed by atoms with Crippen molar-refractivity contribution in [3.05, 3.63) is 36.3 Å². The van der Waals surface area contributed by atoms with E-state index in [9.17, 15) is 0 Å². The maximum atomic E-state index is 6.44. The lowest BCUT2D eigenvalue weighted by molar-refractivity contribution is -0.0676. The Labute approximate surface area is 148 Å². The van der Waals surface area contributed by atoms with Crippen LogP contribution in [0.25, 0.3) is 0 Å².